The van der Waals surface area contributed by atoms with Crippen LogP contribution in [0.15, 0.2) is 76.1 Å². The van der Waals surface area contributed by atoms with Crippen LogP contribution in [0.1, 0.15) is 6.92 Å². The summed E-state index contributed by atoms with van der Waals surface area (Å²) < 4.78 is 34.4. The van der Waals surface area contributed by atoms with Gasteiger partial charge in [-0.15, -0.1) is 0 Å². The number of anilines is 3. The van der Waals surface area contributed by atoms with Gasteiger partial charge in [-0.2, -0.15) is 0 Å². The molecule has 0 heterocycles. The third-order valence-corrected chi connectivity index (χ3v) is 6.31. The van der Waals surface area contributed by atoms with Gasteiger partial charge in [0.2, 0.25) is 0 Å². The SMILES string of the molecule is CCOc1ccc(Br)cc1S(=O)(=O)Nc1ccc(NC(=S)Nc2cccc(Cl)c2)cc1. The first-order chi connectivity index (χ1) is 14.8. The van der Waals surface area contributed by atoms with Crippen LogP contribution >= 0.6 is 39.7 Å². The number of thiocarbonyl (C=S) groups is 1. The molecule has 3 aromatic rings. The van der Waals surface area contributed by atoms with E-state index in [1.54, 1.807) is 55.5 Å². The fourth-order valence-electron chi connectivity index (χ4n) is 2.66. The second kappa shape index (κ2) is 10.3. The number of halogens is 2. The topological polar surface area (TPSA) is 79.5 Å². The Kier molecular flexibility index (Phi) is 7.77. The van der Waals surface area contributed by atoms with Crippen LogP contribution in [-0.4, -0.2) is 20.1 Å². The zero-order chi connectivity index (χ0) is 22.4. The lowest BCUT2D eigenvalue weighted by atomic mass is 10.3. The first-order valence-electron chi connectivity index (χ1n) is 9.15. The first kappa shape index (κ1) is 23.3. The Labute approximate surface area is 200 Å². The molecule has 0 saturated carbocycles. The quantitative estimate of drug-likeness (QED) is 0.314. The second-order valence-corrected chi connectivity index (χ2v) is 9.71. The molecule has 31 heavy (non-hydrogen) atoms. The number of hydrogen-bond acceptors (Lipinski definition) is 4. The van der Waals surface area contributed by atoms with Crippen molar-refractivity contribution in [3.05, 3.63) is 76.2 Å². The van der Waals surface area contributed by atoms with E-state index in [1.165, 1.54) is 6.07 Å². The van der Waals surface area contributed by atoms with Gasteiger partial charge in [0.1, 0.15) is 10.6 Å². The van der Waals surface area contributed by atoms with Gasteiger partial charge in [-0.05, 0) is 79.8 Å². The Hall–Kier alpha value is -2.33. The van der Waals surface area contributed by atoms with Crippen LogP contribution in [0.25, 0.3) is 0 Å². The zero-order valence-electron chi connectivity index (χ0n) is 16.4. The largest absolute Gasteiger partial charge is 0.492 e. The van der Waals surface area contributed by atoms with Crippen molar-refractivity contribution in [3.8, 4) is 5.75 Å². The van der Waals surface area contributed by atoms with E-state index in [0.717, 1.165) is 5.69 Å². The molecule has 0 aliphatic carbocycles. The smallest absolute Gasteiger partial charge is 0.265 e. The van der Waals surface area contributed by atoms with Crippen LogP contribution in [0.5, 0.6) is 5.75 Å². The summed E-state index contributed by atoms with van der Waals surface area (Å²) in [5.41, 5.74) is 1.86. The Morgan fingerprint density at radius 2 is 1.68 bits per heavy atom. The summed E-state index contributed by atoms with van der Waals surface area (Å²) in [5, 5.41) is 7.05. The molecule has 3 aromatic carbocycles. The van der Waals surface area contributed by atoms with E-state index in [0.29, 0.717) is 32.6 Å². The van der Waals surface area contributed by atoms with Crippen LogP contribution < -0.4 is 20.1 Å². The summed E-state index contributed by atoms with van der Waals surface area (Å²) in [4.78, 5) is 0.0535. The van der Waals surface area contributed by atoms with Crippen LogP contribution in [-0.2, 0) is 10.0 Å². The normalized spacial score (nSPS) is 10.9. The average molecular weight is 541 g/mol. The third-order valence-electron chi connectivity index (χ3n) is 3.97. The highest BCUT2D eigenvalue weighted by Gasteiger charge is 2.20. The standard InChI is InChI=1S/C21H19BrClN3O3S2/c1-2-29-19-11-6-14(22)12-20(19)31(27,28)26-17-9-7-16(8-10-17)24-21(30)25-18-5-3-4-15(23)13-18/h3-13,26H,2H2,1H3,(H2,24,25,30). The summed E-state index contributed by atoms with van der Waals surface area (Å²) >= 11 is 14.6. The van der Waals surface area contributed by atoms with Gasteiger partial charge in [-0.1, -0.05) is 33.6 Å². The fourth-order valence-corrected chi connectivity index (χ4v) is 4.83. The maximum Gasteiger partial charge on any atom is 0.265 e. The van der Waals surface area contributed by atoms with E-state index in [2.05, 4.69) is 31.3 Å². The van der Waals surface area contributed by atoms with Gasteiger partial charge in [0.15, 0.2) is 5.11 Å². The van der Waals surface area contributed by atoms with Crippen molar-refractivity contribution in [1.82, 2.24) is 0 Å². The Balaban J connectivity index is 1.69. The highest BCUT2D eigenvalue weighted by Crippen LogP contribution is 2.29. The monoisotopic (exact) mass is 539 g/mol. The minimum Gasteiger partial charge on any atom is -0.492 e. The van der Waals surface area contributed by atoms with Gasteiger partial charge in [-0.25, -0.2) is 8.42 Å². The summed E-state index contributed by atoms with van der Waals surface area (Å²) in [5.74, 6) is 0.286. The van der Waals surface area contributed by atoms with E-state index >= 15 is 0 Å². The molecule has 0 atom stereocenters. The van der Waals surface area contributed by atoms with Crippen LogP contribution in [0, 0.1) is 0 Å². The lowest BCUT2D eigenvalue weighted by molar-refractivity contribution is 0.331. The Morgan fingerprint density at radius 1 is 1.00 bits per heavy atom. The molecule has 0 aromatic heterocycles. The maximum absolute atomic E-state index is 12.9. The molecular formula is C21H19BrClN3O3S2. The minimum absolute atomic E-state index is 0.0535. The van der Waals surface area contributed by atoms with Crippen molar-refractivity contribution in [2.45, 2.75) is 11.8 Å². The van der Waals surface area contributed by atoms with Crippen molar-refractivity contribution >= 4 is 71.9 Å². The molecule has 0 saturated heterocycles. The second-order valence-electron chi connectivity index (χ2n) is 6.30. The Morgan fingerprint density at radius 3 is 2.35 bits per heavy atom. The predicted molar refractivity (Wildman–Crippen MR) is 134 cm³/mol. The van der Waals surface area contributed by atoms with E-state index < -0.39 is 10.0 Å². The molecule has 6 nitrogen and oxygen atoms in total. The van der Waals surface area contributed by atoms with Crippen molar-refractivity contribution in [3.63, 3.8) is 0 Å². The number of benzene rings is 3. The van der Waals surface area contributed by atoms with Gasteiger partial charge >= 0.3 is 0 Å². The number of sulfonamides is 1. The van der Waals surface area contributed by atoms with Crippen LogP contribution in [0.3, 0.4) is 0 Å². The maximum atomic E-state index is 12.9. The highest BCUT2D eigenvalue weighted by atomic mass is 79.9. The molecule has 0 radical (unpaired) electrons. The zero-order valence-corrected chi connectivity index (χ0v) is 20.3. The molecule has 0 amide bonds. The molecule has 162 valence electrons. The molecule has 3 N–H and O–H groups in total. The summed E-state index contributed by atoms with van der Waals surface area (Å²) in [6.07, 6.45) is 0. The Bertz CT molecular complexity index is 1190. The average Bonchev–Trinajstić information content (AvgIpc) is 2.70. The molecule has 0 unspecified atom stereocenters. The van der Waals surface area contributed by atoms with Gasteiger partial charge in [-0.3, -0.25) is 4.72 Å². The predicted octanol–water partition coefficient (Wildman–Crippen LogP) is 6.11. The summed E-state index contributed by atoms with van der Waals surface area (Å²) in [7, 11) is -3.85. The van der Waals surface area contributed by atoms with Gasteiger partial charge < -0.3 is 15.4 Å². The summed E-state index contributed by atoms with van der Waals surface area (Å²) in [6, 6.07) is 18.7. The molecule has 0 fully saturated rings. The molecule has 0 bridgehead atoms. The van der Waals surface area contributed by atoms with Crippen molar-refractivity contribution < 1.29 is 13.2 Å². The molecule has 0 spiro atoms. The van der Waals surface area contributed by atoms with Crippen molar-refractivity contribution in [2.24, 2.45) is 0 Å². The van der Waals surface area contributed by atoms with E-state index in [9.17, 15) is 8.42 Å². The van der Waals surface area contributed by atoms with E-state index in [1.807, 2.05) is 12.1 Å². The number of hydrogen-bond donors (Lipinski definition) is 3. The van der Waals surface area contributed by atoms with E-state index in [-0.39, 0.29) is 10.6 Å². The molecule has 0 aliphatic heterocycles. The third kappa shape index (κ3) is 6.57. The van der Waals surface area contributed by atoms with Gasteiger partial charge in [0, 0.05) is 26.6 Å². The number of ether oxygens (including phenoxy) is 1. The first-order valence-corrected chi connectivity index (χ1v) is 12.2. The lowest BCUT2D eigenvalue weighted by Gasteiger charge is -2.14. The van der Waals surface area contributed by atoms with Gasteiger partial charge in [0.05, 0.1) is 6.61 Å². The van der Waals surface area contributed by atoms with Crippen LogP contribution in [0.2, 0.25) is 5.02 Å². The molecule has 0 aliphatic rings. The van der Waals surface area contributed by atoms with Gasteiger partial charge in [0.25, 0.3) is 10.0 Å². The number of nitrogens with one attached hydrogen (secondary N) is 3. The van der Waals surface area contributed by atoms with Crippen molar-refractivity contribution in [2.75, 3.05) is 22.0 Å². The fraction of sp³-hybridized carbons (Fsp3) is 0.0952. The van der Waals surface area contributed by atoms with Crippen molar-refractivity contribution in [1.29, 1.82) is 0 Å². The molecule has 3 rings (SSSR count). The highest BCUT2D eigenvalue weighted by molar-refractivity contribution is 9.10. The number of rotatable bonds is 7. The molecular weight excluding hydrogens is 522 g/mol. The van der Waals surface area contributed by atoms with Crippen LogP contribution in [0.4, 0.5) is 17.1 Å². The molecule has 10 heteroatoms. The van der Waals surface area contributed by atoms with E-state index in [4.69, 9.17) is 28.6 Å². The lowest BCUT2D eigenvalue weighted by Crippen LogP contribution is -2.19. The summed E-state index contributed by atoms with van der Waals surface area (Å²) in [6.45, 7) is 2.15. The minimum atomic E-state index is -3.85.